The predicted molar refractivity (Wildman–Crippen MR) is 108 cm³/mol. The van der Waals surface area contributed by atoms with Crippen LogP contribution in [-0.2, 0) is 4.79 Å². The summed E-state index contributed by atoms with van der Waals surface area (Å²) in [6.45, 7) is 8.26. The first-order valence-electron chi connectivity index (χ1n) is 10.0. The standard InChI is InChI=1S/C21H29N3O2S/c1-20(2)15-6-9-21(20,3)17(13-15)22-23-18(25)14-7-10-24(11-8-14)19(26)16-5-4-12-27-16/h4-5,12,14-15H,6-11,13H2,1-3H3,(H,23,25)/b22-17+/t15-,21-/m1/s1. The molecule has 3 aliphatic rings. The van der Waals surface area contributed by atoms with Crippen molar-refractivity contribution in [2.45, 2.75) is 52.9 Å². The molecule has 0 radical (unpaired) electrons. The first-order valence-corrected chi connectivity index (χ1v) is 10.9. The number of carbonyl (C=O) groups excluding carboxylic acids is 2. The van der Waals surface area contributed by atoms with Gasteiger partial charge in [-0.3, -0.25) is 9.59 Å². The molecule has 0 spiro atoms. The normalized spacial score (nSPS) is 31.4. The lowest BCUT2D eigenvalue weighted by molar-refractivity contribution is -0.126. The highest BCUT2D eigenvalue weighted by molar-refractivity contribution is 7.12. The number of piperidine rings is 1. The molecular weight excluding hydrogens is 358 g/mol. The average molecular weight is 388 g/mol. The van der Waals surface area contributed by atoms with Crippen molar-refractivity contribution in [2.75, 3.05) is 13.1 Å². The number of nitrogens with zero attached hydrogens (tertiary/aromatic N) is 2. The van der Waals surface area contributed by atoms with E-state index in [1.807, 2.05) is 22.4 Å². The van der Waals surface area contributed by atoms with Crippen LogP contribution in [0.2, 0.25) is 0 Å². The van der Waals surface area contributed by atoms with E-state index in [0.29, 0.717) is 31.8 Å². The van der Waals surface area contributed by atoms with Crippen molar-refractivity contribution in [1.82, 2.24) is 10.3 Å². The Labute approximate surface area is 165 Å². The number of fused-ring (bicyclic) bond motifs is 2. The molecule has 1 aliphatic heterocycles. The number of carbonyl (C=O) groups is 2. The second-order valence-corrected chi connectivity index (χ2v) is 10.0. The first-order chi connectivity index (χ1) is 12.8. The van der Waals surface area contributed by atoms with Gasteiger partial charge in [0.1, 0.15) is 0 Å². The highest BCUT2D eigenvalue weighted by atomic mass is 32.1. The summed E-state index contributed by atoms with van der Waals surface area (Å²) in [5.41, 5.74) is 4.41. The topological polar surface area (TPSA) is 61.8 Å². The van der Waals surface area contributed by atoms with E-state index in [9.17, 15) is 9.59 Å². The average Bonchev–Trinajstić information content (AvgIpc) is 3.32. The Bertz CT molecular complexity index is 762. The van der Waals surface area contributed by atoms with E-state index in [1.54, 1.807) is 0 Å². The van der Waals surface area contributed by atoms with Crippen LogP contribution >= 0.6 is 11.3 Å². The van der Waals surface area contributed by atoms with Gasteiger partial charge in [0, 0.05) is 30.1 Å². The maximum atomic E-state index is 12.6. The van der Waals surface area contributed by atoms with Gasteiger partial charge in [0.2, 0.25) is 5.91 Å². The van der Waals surface area contributed by atoms with Crippen molar-refractivity contribution in [3.05, 3.63) is 22.4 Å². The van der Waals surface area contributed by atoms with Gasteiger partial charge < -0.3 is 4.90 Å². The summed E-state index contributed by atoms with van der Waals surface area (Å²) in [4.78, 5) is 27.7. The molecule has 0 unspecified atom stereocenters. The molecule has 6 heteroatoms. The zero-order valence-electron chi connectivity index (χ0n) is 16.5. The molecule has 2 saturated carbocycles. The summed E-state index contributed by atoms with van der Waals surface area (Å²) < 4.78 is 0. The molecule has 1 aromatic heterocycles. The zero-order chi connectivity index (χ0) is 19.2. The quantitative estimate of drug-likeness (QED) is 0.799. The Morgan fingerprint density at radius 2 is 1.96 bits per heavy atom. The highest BCUT2D eigenvalue weighted by Gasteiger charge is 2.60. The third-order valence-corrected chi connectivity index (χ3v) is 8.56. The van der Waals surface area contributed by atoms with Crippen LogP contribution in [0.4, 0.5) is 0 Å². The molecular formula is C21H29N3O2S. The fourth-order valence-corrected chi connectivity index (χ4v) is 5.90. The van der Waals surface area contributed by atoms with Gasteiger partial charge in [0.15, 0.2) is 0 Å². The third-order valence-electron chi connectivity index (χ3n) is 7.70. The number of amides is 2. The van der Waals surface area contributed by atoms with Crippen molar-refractivity contribution >= 4 is 28.9 Å². The first kappa shape index (κ1) is 18.7. The van der Waals surface area contributed by atoms with Crippen molar-refractivity contribution in [3.63, 3.8) is 0 Å². The molecule has 2 aliphatic carbocycles. The van der Waals surface area contributed by atoms with Crippen LogP contribution < -0.4 is 5.43 Å². The zero-order valence-corrected chi connectivity index (χ0v) is 17.3. The van der Waals surface area contributed by atoms with E-state index < -0.39 is 0 Å². The van der Waals surface area contributed by atoms with Crippen LogP contribution in [0.5, 0.6) is 0 Å². The van der Waals surface area contributed by atoms with Gasteiger partial charge in [0.05, 0.1) is 4.88 Å². The van der Waals surface area contributed by atoms with Crippen molar-refractivity contribution in [3.8, 4) is 0 Å². The van der Waals surface area contributed by atoms with Crippen LogP contribution in [0.25, 0.3) is 0 Å². The maximum Gasteiger partial charge on any atom is 0.263 e. The van der Waals surface area contributed by atoms with Gasteiger partial charge in [-0.1, -0.05) is 26.8 Å². The molecule has 1 saturated heterocycles. The predicted octanol–water partition coefficient (Wildman–Crippen LogP) is 3.92. The number of hydrazone groups is 1. The Hall–Kier alpha value is -1.69. The summed E-state index contributed by atoms with van der Waals surface area (Å²) >= 11 is 1.47. The smallest absolute Gasteiger partial charge is 0.263 e. The van der Waals surface area contributed by atoms with Gasteiger partial charge >= 0.3 is 0 Å². The van der Waals surface area contributed by atoms with Gasteiger partial charge in [-0.05, 0) is 54.9 Å². The van der Waals surface area contributed by atoms with E-state index in [4.69, 9.17) is 0 Å². The molecule has 3 fully saturated rings. The number of likely N-dealkylation sites (tertiary alicyclic amines) is 1. The molecule has 2 atom stereocenters. The van der Waals surface area contributed by atoms with Crippen LogP contribution in [0.15, 0.2) is 22.6 Å². The Morgan fingerprint density at radius 3 is 2.52 bits per heavy atom. The fourth-order valence-electron chi connectivity index (χ4n) is 5.21. The SMILES string of the molecule is CC1(C)[C@@H]2CC[C@]1(C)/C(=N/NC(=O)C1CCN(C(=O)c3cccs3)CC1)C2. The lowest BCUT2D eigenvalue weighted by atomic mass is 9.70. The van der Waals surface area contributed by atoms with E-state index >= 15 is 0 Å². The van der Waals surface area contributed by atoms with Crippen LogP contribution in [0, 0.1) is 22.7 Å². The number of thiophene rings is 1. The van der Waals surface area contributed by atoms with Crippen LogP contribution in [0.3, 0.4) is 0 Å². The molecule has 0 aromatic carbocycles. The summed E-state index contributed by atoms with van der Waals surface area (Å²) in [6.07, 6.45) is 4.87. The molecule has 2 heterocycles. The molecule has 1 aromatic rings. The number of nitrogens with one attached hydrogen (secondary N) is 1. The molecule has 1 N–H and O–H groups in total. The largest absolute Gasteiger partial charge is 0.338 e. The summed E-state index contributed by atoms with van der Waals surface area (Å²) in [5, 5.41) is 6.50. The van der Waals surface area contributed by atoms with Crippen molar-refractivity contribution in [2.24, 2.45) is 27.8 Å². The van der Waals surface area contributed by atoms with E-state index in [1.165, 1.54) is 29.9 Å². The monoisotopic (exact) mass is 387 g/mol. The molecule has 2 amide bonds. The second kappa shape index (κ2) is 6.73. The lowest BCUT2D eigenvalue weighted by Gasteiger charge is -2.34. The van der Waals surface area contributed by atoms with Gasteiger partial charge in [0.25, 0.3) is 5.91 Å². The summed E-state index contributed by atoms with van der Waals surface area (Å²) in [7, 11) is 0. The molecule has 5 nitrogen and oxygen atoms in total. The summed E-state index contributed by atoms with van der Waals surface area (Å²) in [5.74, 6) is 0.724. The number of hydrogen-bond donors (Lipinski definition) is 1. The van der Waals surface area contributed by atoms with Gasteiger partial charge in [-0.15, -0.1) is 11.3 Å². The molecule has 27 heavy (non-hydrogen) atoms. The fraction of sp³-hybridized carbons (Fsp3) is 0.667. The van der Waals surface area contributed by atoms with Crippen LogP contribution in [-0.4, -0.2) is 35.5 Å². The minimum Gasteiger partial charge on any atom is -0.338 e. The minimum absolute atomic E-state index is 0.00917. The van der Waals surface area contributed by atoms with Crippen molar-refractivity contribution < 1.29 is 9.59 Å². The summed E-state index contributed by atoms with van der Waals surface area (Å²) in [6, 6.07) is 3.76. The highest BCUT2D eigenvalue weighted by Crippen LogP contribution is 2.63. The Balaban J connectivity index is 1.32. The number of rotatable bonds is 3. The van der Waals surface area contributed by atoms with Gasteiger partial charge in [-0.2, -0.15) is 5.10 Å². The van der Waals surface area contributed by atoms with E-state index in [0.717, 1.165) is 11.3 Å². The second-order valence-electron chi connectivity index (χ2n) is 9.07. The third kappa shape index (κ3) is 3.02. The lowest BCUT2D eigenvalue weighted by Crippen LogP contribution is -2.42. The minimum atomic E-state index is -0.0545. The van der Waals surface area contributed by atoms with Crippen LogP contribution in [0.1, 0.15) is 62.5 Å². The van der Waals surface area contributed by atoms with E-state index in [2.05, 4.69) is 31.3 Å². The van der Waals surface area contributed by atoms with Crippen molar-refractivity contribution in [1.29, 1.82) is 0 Å². The molecule has 4 rings (SSSR count). The Kier molecular flexibility index (Phi) is 4.65. The molecule has 146 valence electrons. The number of hydrogen-bond acceptors (Lipinski definition) is 4. The van der Waals surface area contributed by atoms with Gasteiger partial charge in [-0.25, -0.2) is 5.43 Å². The maximum absolute atomic E-state index is 12.6. The Morgan fingerprint density at radius 1 is 1.22 bits per heavy atom. The molecule has 2 bridgehead atoms. The van der Waals surface area contributed by atoms with E-state index in [-0.39, 0.29) is 28.6 Å².